The van der Waals surface area contributed by atoms with Crippen LogP contribution in [0.25, 0.3) is 21.5 Å². The predicted molar refractivity (Wildman–Crippen MR) is 153 cm³/mol. The van der Waals surface area contributed by atoms with Gasteiger partial charge in [-0.2, -0.15) is 4.58 Å². The third kappa shape index (κ3) is 3.23. The summed E-state index contributed by atoms with van der Waals surface area (Å²) in [5.74, 6) is 1.46. The molecule has 0 N–H and O–H groups in total. The molecule has 0 saturated carbocycles. The minimum absolute atomic E-state index is 0.176. The summed E-state index contributed by atoms with van der Waals surface area (Å²) >= 11 is 0. The van der Waals surface area contributed by atoms with Gasteiger partial charge in [-0.25, -0.2) is 4.39 Å². The van der Waals surface area contributed by atoms with Crippen molar-refractivity contribution in [3.8, 4) is 5.75 Å². The van der Waals surface area contributed by atoms with Gasteiger partial charge in [0.2, 0.25) is 11.6 Å². The Bertz CT molecular complexity index is 1840. The van der Waals surface area contributed by atoms with Gasteiger partial charge in [0, 0.05) is 24.1 Å². The topological polar surface area (TPSA) is 15.5 Å². The lowest BCUT2D eigenvalue weighted by Gasteiger charge is -2.25. The van der Waals surface area contributed by atoms with E-state index >= 15 is 4.39 Å². The summed E-state index contributed by atoms with van der Waals surface area (Å²) in [6.07, 6.45) is 2.67. The van der Waals surface area contributed by atoms with Crippen LogP contribution in [-0.4, -0.2) is 24.4 Å². The minimum Gasteiger partial charge on any atom is -0.438 e. The summed E-state index contributed by atoms with van der Waals surface area (Å²) in [7, 11) is 4.14. The van der Waals surface area contributed by atoms with Crippen LogP contribution in [0.5, 0.6) is 5.75 Å². The van der Waals surface area contributed by atoms with Crippen molar-refractivity contribution in [3.63, 3.8) is 0 Å². The maximum absolute atomic E-state index is 15.1. The molecule has 0 saturated heterocycles. The van der Waals surface area contributed by atoms with E-state index in [1.54, 1.807) is 12.1 Å². The molecule has 5 aromatic rings. The molecule has 3 nitrogen and oxygen atoms in total. The summed E-state index contributed by atoms with van der Waals surface area (Å²) < 4.78 is 23.9. The van der Waals surface area contributed by atoms with Gasteiger partial charge in [0.05, 0.1) is 17.2 Å². The van der Waals surface area contributed by atoms with Crippen LogP contribution in [0, 0.1) is 5.82 Å². The van der Waals surface area contributed by atoms with Gasteiger partial charge in [-0.3, -0.25) is 0 Å². The zero-order chi connectivity index (χ0) is 26.0. The Morgan fingerprint density at radius 2 is 1.50 bits per heavy atom. The van der Waals surface area contributed by atoms with Crippen molar-refractivity contribution in [2.75, 3.05) is 19.0 Å². The summed E-state index contributed by atoms with van der Waals surface area (Å²) in [6.45, 7) is 2.23. The minimum atomic E-state index is -0.485. The third-order valence-corrected chi connectivity index (χ3v) is 8.27. The van der Waals surface area contributed by atoms with E-state index in [-0.39, 0.29) is 5.82 Å². The van der Waals surface area contributed by atoms with Gasteiger partial charge < -0.3 is 9.64 Å². The largest absolute Gasteiger partial charge is 0.438 e. The van der Waals surface area contributed by atoms with E-state index < -0.39 is 5.41 Å². The molecule has 1 unspecified atom stereocenters. The summed E-state index contributed by atoms with van der Waals surface area (Å²) in [5.41, 5.74) is 4.69. The second kappa shape index (κ2) is 8.29. The van der Waals surface area contributed by atoms with Crippen molar-refractivity contribution in [2.45, 2.75) is 18.8 Å². The fourth-order valence-electron chi connectivity index (χ4n) is 6.34. The molecule has 0 amide bonds. The van der Waals surface area contributed by atoms with Crippen molar-refractivity contribution in [1.29, 1.82) is 0 Å². The molecule has 0 aromatic heterocycles. The lowest BCUT2D eigenvalue weighted by atomic mass is 9.73. The first-order valence-electron chi connectivity index (χ1n) is 13.0. The normalized spacial score (nSPS) is 19.4. The SMILES string of the molecule is CN1/C(=C/C2=[N+](C)c3ccc4ccccc4c3C2(C)Cc2ccccc2F)Oc2c1ccc1ccccc21. The van der Waals surface area contributed by atoms with E-state index in [4.69, 9.17) is 4.74 Å². The molecule has 0 radical (unpaired) electrons. The lowest BCUT2D eigenvalue weighted by molar-refractivity contribution is -0.401. The van der Waals surface area contributed by atoms with Gasteiger partial charge in [-0.1, -0.05) is 72.8 Å². The molecule has 2 aliphatic rings. The molecule has 2 aliphatic heterocycles. The molecule has 1 atom stereocenters. The van der Waals surface area contributed by atoms with Crippen LogP contribution in [0.1, 0.15) is 18.1 Å². The van der Waals surface area contributed by atoms with Crippen LogP contribution in [0.15, 0.2) is 109 Å². The number of anilines is 1. The zero-order valence-electron chi connectivity index (χ0n) is 21.7. The van der Waals surface area contributed by atoms with E-state index in [2.05, 4.69) is 90.2 Å². The highest BCUT2D eigenvalue weighted by atomic mass is 19.1. The first-order valence-corrected chi connectivity index (χ1v) is 13.0. The molecule has 0 fully saturated rings. The fourth-order valence-corrected chi connectivity index (χ4v) is 6.34. The number of fused-ring (bicyclic) bond motifs is 6. The average molecular weight is 500 g/mol. The summed E-state index contributed by atoms with van der Waals surface area (Å²) in [6, 6.07) is 32.5. The number of nitrogens with zero attached hydrogens (tertiary/aromatic N) is 2. The average Bonchev–Trinajstić information content (AvgIpc) is 3.37. The highest BCUT2D eigenvalue weighted by Crippen LogP contribution is 2.48. The number of hydrogen-bond acceptors (Lipinski definition) is 2. The van der Waals surface area contributed by atoms with E-state index in [1.807, 2.05) is 31.3 Å². The van der Waals surface area contributed by atoms with Gasteiger partial charge in [0.15, 0.2) is 11.5 Å². The van der Waals surface area contributed by atoms with Crippen LogP contribution < -0.4 is 9.64 Å². The Balaban J connectivity index is 1.42. The second-order valence-corrected chi connectivity index (χ2v) is 10.5. The zero-order valence-corrected chi connectivity index (χ0v) is 21.7. The van der Waals surface area contributed by atoms with Gasteiger partial charge >= 0.3 is 0 Å². The number of halogens is 1. The molecule has 2 heterocycles. The molecular weight excluding hydrogens is 471 g/mol. The quantitative estimate of drug-likeness (QED) is 0.236. The van der Waals surface area contributed by atoms with E-state index in [0.717, 1.165) is 39.5 Å². The van der Waals surface area contributed by atoms with Crippen molar-refractivity contribution in [3.05, 3.63) is 126 Å². The monoisotopic (exact) mass is 499 g/mol. The summed E-state index contributed by atoms with van der Waals surface area (Å²) in [5, 5.41) is 4.61. The van der Waals surface area contributed by atoms with Gasteiger partial charge in [-0.05, 0) is 53.3 Å². The first-order chi connectivity index (χ1) is 18.5. The van der Waals surface area contributed by atoms with Crippen molar-refractivity contribution >= 4 is 38.6 Å². The van der Waals surface area contributed by atoms with E-state index in [9.17, 15) is 0 Å². The third-order valence-electron chi connectivity index (χ3n) is 8.27. The highest BCUT2D eigenvalue weighted by Gasteiger charge is 2.49. The maximum atomic E-state index is 15.1. The Labute approximate surface area is 221 Å². The molecule has 38 heavy (non-hydrogen) atoms. The Morgan fingerprint density at radius 1 is 0.842 bits per heavy atom. The predicted octanol–water partition coefficient (Wildman–Crippen LogP) is 7.73. The van der Waals surface area contributed by atoms with E-state index in [1.165, 1.54) is 16.3 Å². The van der Waals surface area contributed by atoms with Crippen LogP contribution >= 0.6 is 0 Å². The van der Waals surface area contributed by atoms with Crippen molar-refractivity contribution in [1.82, 2.24) is 0 Å². The molecule has 4 heteroatoms. The number of allylic oxidation sites excluding steroid dienone is 1. The highest BCUT2D eigenvalue weighted by molar-refractivity contribution is 6.09. The van der Waals surface area contributed by atoms with Crippen LogP contribution in [0.4, 0.5) is 15.8 Å². The smallest absolute Gasteiger partial charge is 0.210 e. The molecule has 0 aliphatic carbocycles. The first kappa shape index (κ1) is 22.7. The standard InChI is InChI=1S/C34H28FN2O/c1-34(21-24-12-6-9-15-27(24)35)30(36(2)28-18-16-22-10-4-7-13-25(22)32(28)34)20-31-37(3)29-19-17-23-11-5-8-14-26(23)33(29)38-31/h4-20H,21H2,1-3H3/q+1. The van der Waals surface area contributed by atoms with Gasteiger partial charge in [-0.15, -0.1) is 0 Å². The molecule has 5 aromatic carbocycles. The van der Waals surface area contributed by atoms with Gasteiger partial charge in [0.1, 0.15) is 12.9 Å². The number of ether oxygens (including phenoxy) is 1. The molecule has 7 rings (SSSR count). The van der Waals surface area contributed by atoms with Crippen LogP contribution in [0.3, 0.4) is 0 Å². The molecule has 186 valence electrons. The molecule has 0 spiro atoms. The lowest BCUT2D eigenvalue weighted by Crippen LogP contribution is -2.34. The van der Waals surface area contributed by atoms with Gasteiger partial charge in [0.25, 0.3) is 0 Å². The van der Waals surface area contributed by atoms with Crippen LogP contribution in [-0.2, 0) is 11.8 Å². The molecule has 0 bridgehead atoms. The Kier molecular flexibility index (Phi) is 4.96. The fraction of sp³-hybridized carbons (Fsp3) is 0.147. The van der Waals surface area contributed by atoms with Crippen molar-refractivity contribution < 1.29 is 13.7 Å². The summed E-state index contributed by atoms with van der Waals surface area (Å²) in [4.78, 5) is 2.10. The van der Waals surface area contributed by atoms with Crippen molar-refractivity contribution in [2.24, 2.45) is 0 Å². The number of rotatable bonds is 3. The number of benzene rings is 5. The Morgan fingerprint density at radius 3 is 2.29 bits per heavy atom. The van der Waals surface area contributed by atoms with E-state index in [0.29, 0.717) is 12.0 Å². The molecular formula is C34H28FN2O+. The Hall–Kier alpha value is -4.44. The second-order valence-electron chi connectivity index (χ2n) is 10.5. The van der Waals surface area contributed by atoms with Crippen LogP contribution in [0.2, 0.25) is 0 Å². The number of hydrogen-bond donors (Lipinski definition) is 0. The maximum Gasteiger partial charge on any atom is 0.210 e.